The van der Waals surface area contributed by atoms with E-state index in [1.165, 1.54) is 0 Å². The standard InChI is InChI=1S/C12H16N2O4/c1-6-10(7(2)18-14-6)5-13-11(15)8-3-4-9(8)12(16)17/h8-9H,3-5H2,1-2H3,(H,13,15)(H,16,17). The first-order valence-corrected chi connectivity index (χ1v) is 5.93. The number of carboxylic acids is 1. The van der Waals surface area contributed by atoms with Gasteiger partial charge in [-0.3, -0.25) is 9.59 Å². The average molecular weight is 252 g/mol. The lowest BCUT2D eigenvalue weighted by atomic mass is 9.73. The molecular weight excluding hydrogens is 236 g/mol. The third-order valence-electron chi connectivity index (χ3n) is 3.55. The number of carboxylic acid groups (broad SMARTS) is 1. The summed E-state index contributed by atoms with van der Waals surface area (Å²) in [5.41, 5.74) is 1.60. The first-order chi connectivity index (χ1) is 8.50. The van der Waals surface area contributed by atoms with Crippen molar-refractivity contribution in [3.05, 3.63) is 17.0 Å². The van der Waals surface area contributed by atoms with E-state index in [1.807, 2.05) is 0 Å². The molecule has 6 nitrogen and oxygen atoms in total. The van der Waals surface area contributed by atoms with Crippen molar-refractivity contribution in [3.63, 3.8) is 0 Å². The Kier molecular flexibility index (Phi) is 3.36. The number of amides is 1. The summed E-state index contributed by atoms with van der Waals surface area (Å²) in [6.07, 6.45) is 1.23. The van der Waals surface area contributed by atoms with E-state index in [1.54, 1.807) is 13.8 Å². The molecule has 18 heavy (non-hydrogen) atoms. The molecule has 1 heterocycles. The number of carbonyl (C=O) groups excluding carboxylic acids is 1. The quantitative estimate of drug-likeness (QED) is 0.834. The van der Waals surface area contributed by atoms with Gasteiger partial charge in [0.25, 0.3) is 0 Å². The zero-order valence-corrected chi connectivity index (χ0v) is 10.4. The number of hydrogen-bond acceptors (Lipinski definition) is 4. The van der Waals surface area contributed by atoms with Crippen molar-refractivity contribution in [1.29, 1.82) is 0 Å². The first-order valence-electron chi connectivity index (χ1n) is 5.93. The molecule has 0 spiro atoms. The van der Waals surface area contributed by atoms with E-state index in [0.29, 0.717) is 25.1 Å². The Bertz CT molecular complexity index is 461. The molecule has 0 radical (unpaired) electrons. The number of nitrogens with zero attached hydrogens (tertiary/aromatic N) is 1. The Morgan fingerprint density at radius 2 is 2.06 bits per heavy atom. The Morgan fingerprint density at radius 1 is 1.39 bits per heavy atom. The Balaban J connectivity index is 1.91. The third kappa shape index (κ3) is 2.23. The van der Waals surface area contributed by atoms with Gasteiger partial charge in [0.1, 0.15) is 5.76 Å². The summed E-state index contributed by atoms with van der Waals surface area (Å²) in [6, 6.07) is 0. The molecule has 0 saturated heterocycles. The Morgan fingerprint density at radius 3 is 2.50 bits per heavy atom. The van der Waals surface area contributed by atoms with Gasteiger partial charge in [-0.15, -0.1) is 0 Å². The van der Waals surface area contributed by atoms with E-state index in [0.717, 1.165) is 11.3 Å². The van der Waals surface area contributed by atoms with Crippen molar-refractivity contribution in [2.24, 2.45) is 11.8 Å². The van der Waals surface area contributed by atoms with Gasteiger partial charge in [0.15, 0.2) is 0 Å². The second-order valence-electron chi connectivity index (χ2n) is 4.65. The van der Waals surface area contributed by atoms with E-state index in [4.69, 9.17) is 9.63 Å². The molecule has 1 fully saturated rings. The summed E-state index contributed by atoms with van der Waals surface area (Å²) < 4.78 is 4.99. The highest BCUT2D eigenvalue weighted by atomic mass is 16.5. The number of nitrogens with one attached hydrogen (secondary N) is 1. The smallest absolute Gasteiger partial charge is 0.307 e. The normalized spacial score (nSPS) is 22.3. The largest absolute Gasteiger partial charge is 0.481 e. The van der Waals surface area contributed by atoms with Gasteiger partial charge in [0.05, 0.1) is 17.5 Å². The zero-order valence-electron chi connectivity index (χ0n) is 10.4. The van der Waals surface area contributed by atoms with Crippen LogP contribution in [0.2, 0.25) is 0 Å². The van der Waals surface area contributed by atoms with E-state index in [9.17, 15) is 9.59 Å². The molecule has 1 aliphatic rings. The number of hydrogen-bond donors (Lipinski definition) is 2. The lowest BCUT2D eigenvalue weighted by Gasteiger charge is -2.31. The molecule has 1 aromatic rings. The van der Waals surface area contributed by atoms with Crippen LogP contribution in [0.1, 0.15) is 29.9 Å². The lowest BCUT2D eigenvalue weighted by Crippen LogP contribution is -2.43. The number of aryl methyl sites for hydroxylation is 2. The fourth-order valence-electron chi connectivity index (χ4n) is 2.17. The Labute approximate surface area is 104 Å². The highest BCUT2D eigenvalue weighted by Crippen LogP contribution is 2.34. The number of aromatic nitrogens is 1. The van der Waals surface area contributed by atoms with Crippen LogP contribution in [-0.4, -0.2) is 22.1 Å². The topological polar surface area (TPSA) is 92.4 Å². The molecule has 0 aliphatic heterocycles. The molecule has 1 amide bonds. The summed E-state index contributed by atoms with van der Waals surface area (Å²) in [6.45, 7) is 3.93. The maximum atomic E-state index is 11.8. The molecule has 0 aromatic carbocycles. The van der Waals surface area contributed by atoms with Crippen molar-refractivity contribution in [3.8, 4) is 0 Å². The summed E-state index contributed by atoms with van der Waals surface area (Å²) >= 11 is 0. The number of carbonyl (C=O) groups is 2. The van der Waals surface area contributed by atoms with Crippen LogP contribution in [0.4, 0.5) is 0 Å². The van der Waals surface area contributed by atoms with Gasteiger partial charge in [-0.25, -0.2) is 0 Å². The van der Waals surface area contributed by atoms with Gasteiger partial charge in [-0.1, -0.05) is 5.16 Å². The van der Waals surface area contributed by atoms with E-state index in [2.05, 4.69) is 10.5 Å². The monoisotopic (exact) mass is 252 g/mol. The van der Waals surface area contributed by atoms with Gasteiger partial charge in [-0.05, 0) is 26.7 Å². The number of rotatable bonds is 4. The molecule has 0 bridgehead atoms. The van der Waals surface area contributed by atoms with E-state index < -0.39 is 17.8 Å². The van der Waals surface area contributed by atoms with Crippen molar-refractivity contribution < 1.29 is 19.2 Å². The van der Waals surface area contributed by atoms with Crippen LogP contribution in [-0.2, 0) is 16.1 Å². The summed E-state index contributed by atoms with van der Waals surface area (Å²) in [5.74, 6) is -1.35. The molecule has 2 N–H and O–H groups in total. The van der Waals surface area contributed by atoms with Crippen LogP contribution >= 0.6 is 0 Å². The maximum Gasteiger partial charge on any atom is 0.307 e. The van der Waals surface area contributed by atoms with Crippen LogP contribution in [0.3, 0.4) is 0 Å². The summed E-state index contributed by atoms with van der Waals surface area (Å²) in [4.78, 5) is 22.7. The molecule has 1 aromatic heterocycles. The van der Waals surface area contributed by atoms with Gasteiger partial charge in [-0.2, -0.15) is 0 Å². The summed E-state index contributed by atoms with van der Waals surface area (Å²) in [5, 5.41) is 15.4. The Hall–Kier alpha value is -1.85. The lowest BCUT2D eigenvalue weighted by molar-refractivity contribution is -0.152. The molecule has 1 saturated carbocycles. The van der Waals surface area contributed by atoms with Gasteiger partial charge in [0.2, 0.25) is 5.91 Å². The predicted molar refractivity (Wildman–Crippen MR) is 61.7 cm³/mol. The molecule has 2 rings (SSSR count). The maximum absolute atomic E-state index is 11.8. The molecule has 2 unspecified atom stereocenters. The first kappa shape index (κ1) is 12.6. The molecule has 6 heteroatoms. The second-order valence-corrected chi connectivity index (χ2v) is 4.65. The summed E-state index contributed by atoms with van der Waals surface area (Å²) in [7, 11) is 0. The van der Waals surface area contributed by atoms with E-state index in [-0.39, 0.29) is 5.91 Å². The highest BCUT2D eigenvalue weighted by molar-refractivity contribution is 5.86. The molecule has 98 valence electrons. The fraction of sp³-hybridized carbons (Fsp3) is 0.583. The van der Waals surface area contributed by atoms with Crippen molar-refractivity contribution in [2.75, 3.05) is 0 Å². The van der Waals surface area contributed by atoms with Crippen LogP contribution in [0.25, 0.3) is 0 Å². The minimum Gasteiger partial charge on any atom is -0.481 e. The third-order valence-corrected chi connectivity index (χ3v) is 3.55. The molecule has 2 atom stereocenters. The second kappa shape index (κ2) is 4.80. The highest BCUT2D eigenvalue weighted by Gasteiger charge is 2.41. The van der Waals surface area contributed by atoms with Crippen LogP contribution in [0.15, 0.2) is 4.52 Å². The van der Waals surface area contributed by atoms with Gasteiger partial charge >= 0.3 is 5.97 Å². The average Bonchev–Trinajstić information content (AvgIpc) is 2.53. The van der Waals surface area contributed by atoms with Gasteiger partial charge in [0, 0.05) is 12.1 Å². The van der Waals surface area contributed by atoms with Crippen LogP contribution in [0, 0.1) is 25.7 Å². The predicted octanol–water partition coefficient (Wildman–Crippen LogP) is 1.02. The van der Waals surface area contributed by atoms with E-state index >= 15 is 0 Å². The van der Waals surface area contributed by atoms with Crippen LogP contribution in [0.5, 0.6) is 0 Å². The zero-order chi connectivity index (χ0) is 13.3. The SMILES string of the molecule is Cc1noc(C)c1CNC(=O)C1CCC1C(=O)O. The number of aliphatic carboxylic acids is 1. The van der Waals surface area contributed by atoms with Crippen molar-refractivity contribution in [2.45, 2.75) is 33.2 Å². The van der Waals surface area contributed by atoms with Crippen molar-refractivity contribution in [1.82, 2.24) is 10.5 Å². The molecule has 1 aliphatic carbocycles. The van der Waals surface area contributed by atoms with Gasteiger partial charge < -0.3 is 14.9 Å². The minimum atomic E-state index is -0.890. The van der Waals surface area contributed by atoms with Crippen molar-refractivity contribution >= 4 is 11.9 Å². The minimum absolute atomic E-state index is 0.200. The molecular formula is C12H16N2O4. The fourth-order valence-corrected chi connectivity index (χ4v) is 2.17. The van der Waals surface area contributed by atoms with Crippen LogP contribution < -0.4 is 5.32 Å².